The first kappa shape index (κ1) is 10.0. The number of nitrogens with zero attached hydrogens (tertiary/aromatic N) is 1. The van der Waals surface area contributed by atoms with Gasteiger partial charge in [0.15, 0.2) is 0 Å². The quantitative estimate of drug-likeness (QED) is 0.741. The number of hydrogen-bond acceptors (Lipinski definition) is 2. The van der Waals surface area contributed by atoms with Gasteiger partial charge in [0.05, 0.1) is 5.69 Å². The Balaban J connectivity index is 2.03. The van der Waals surface area contributed by atoms with E-state index in [1.165, 1.54) is 30.3 Å². The largest absolute Gasteiger partial charge is 0.462 e. The first-order valence-corrected chi connectivity index (χ1v) is 6.14. The highest BCUT2D eigenvalue weighted by atomic mass is 35.5. The molecule has 0 atom stereocenters. The average Bonchev–Trinajstić information content (AvgIpc) is 2.73. The zero-order valence-electron chi connectivity index (χ0n) is 9.08. The predicted octanol–water partition coefficient (Wildman–Crippen LogP) is 4.08. The van der Waals surface area contributed by atoms with Crippen molar-refractivity contribution in [2.24, 2.45) is 0 Å². The summed E-state index contributed by atoms with van der Waals surface area (Å²) in [5.74, 6) is 0. The normalized spacial score (nSPS) is 16.9. The Kier molecular flexibility index (Phi) is 2.52. The SMILES string of the molecule is Clc1ccc2c(N3CCCCC3)coc2c1. The Labute approximate surface area is 99.8 Å². The summed E-state index contributed by atoms with van der Waals surface area (Å²) in [7, 11) is 0. The lowest BCUT2D eigenvalue weighted by atomic mass is 10.1. The highest BCUT2D eigenvalue weighted by Gasteiger charge is 2.15. The van der Waals surface area contributed by atoms with E-state index in [1.807, 2.05) is 24.5 Å². The molecule has 0 amide bonds. The van der Waals surface area contributed by atoms with Crippen LogP contribution in [0.2, 0.25) is 5.02 Å². The van der Waals surface area contributed by atoms with E-state index in [4.69, 9.17) is 16.0 Å². The zero-order chi connectivity index (χ0) is 11.0. The van der Waals surface area contributed by atoms with Crippen molar-refractivity contribution in [3.05, 3.63) is 29.5 Å². The molecule has 0 saturated carbocycles. The molecule has 0 aliphatic carbocycles. The maximum atomic E-state index is 5.94. The number of furan rings is 1. The van der Waals surface area contributed by atoms with Crippen molar-refractivity contribution in [3.63, 3.8) is 0 Å². The molecular weight excluding hydrogens is 222 g/mol. The Bertz CT molecular complexity index is 500. The van der Waals surface area contributed by atoms with Crippen LogP contribution in [0.15, 0.2) is 28.9 Å². The van der Waals surface area contributed by atoms with Crippen molar-refractivity contribution >= 4 is 28.3 Å². The van der Waals surface area contributed by atoms with Gasteiger partial charge in [-0.15, -0.1) is 0 Å². The van der Waals surface area contributed by atoms with Crippen LogP contribution in [-0.4, -0.2) is 13.1 Å². The Morgan fingerprint density at radius 3 is 2.75 bits per heavy atom. The van der Waals surface area contributed by atoms with Gasteiger partial charge in [-0.1, -0.05) is 11.6 Å². The number of fused-ring (bicyclic) bond motifs is 1. The molecule has 1 saturated heterocycles. The van der Waals surface area contributed by atoms with Crippen molar-refractivity contribution in [3.8, 4) is 0 Å². The Morgan fingerprint density at radius 2 is 1.94 bits per heavy atom. The molecule has 2 nitrogen and oxygen atoms in total. The smallest absolute Gasteiger partial charge is 0.137 e. The van der Waals surface area contributed by atoms with E-state index in [1.54, 1.807) is 0 Å². The van der Waals surface area contributed by atoms with Crippen molar-refractivity contribution in [1.29, 1.82) is 0 Å². The van der Waals surface area contributed by atoms with Crippen molar-refractivity contribution in [1.82, 2.24) is 0 Å². The average molecular weight is 236 g/mol. The van der Waals surface area contributed by atoms with Crippen LogP contribution in [0.25, 0.3) is 11.0 Å². The van der Waals surface area contributed by atoms with Crippen LogP contribution < -0.4 is 4.90 Å². The second kappa shape index (κ2) is 4.02. The fraction of sp³-hybridized carbons (Fsp3) is 0.385. The molecule has 2 aromatic rings. The number of halogens is 1. The lowest BCUT2D eigenvalue weighted by Crippen LogP contribution is -2.28. The van der Waals surface area contributed by atoms with E-state index in [0.29, 0.717) is 0 Å². The van der Waals surface area contributed by atoms with Gasteiger partial charge in [0.2, 0.25) is 0 Å². The zero-order valence-corrected chi connectivity index (χ0v) is 9.83. The van der Waals surface area contributed by atoms with E-state index < -0.39 is 0 Å². The molecule has 2 heterocycles. The van der Waals surface area contributed by atoms with Gasteiger partial charge >= 0.3 is 0 Å². The fourth-order valence-corrected chi connectivity index (χ4v) is 2.53. The molecule has 3 rings (SSSR count). The molecule has 84 valence electrons. The van der Waals surface area contributed by atoms with E-state index in [2.05, 4.69) is 4.90 Å². The maximum absolute atomic E-state index is 5.94. The van der Waals surface area contributed by atoms with Gasteiger partial charge in [-0.3, -0.25) is 0 Å². The van der Waals surface area contributed by atoms with Crippen molar-refractivity contribution in [2.75, 3.05) is 18.0 Å². The summed E-state index contributed by atoms with van der Waals surface area (Å²) in [6, 6.07) is 5.85. The van der Waals surface area contributed by atoms with E-state index in [9.17, 15) is 0 Å². The molecule has 1 fully saturated rings. The molecule has 0 spiro atoms. The minimum Gasteiger partial charge on any atom is -0.462 e. The second-order valence-corrected chi connectivity index (χ2v) is 4.75. The minimum absolute atomic E-state index is 0.729. The van der Waals surface area contributed by atoms with E-state index in [-0.39, 0.29) is 0 Å². The monoisotopic (exact) mass is 235 g/mol. The third-order valence-electron chi connectivity index (χ3n) is 3.21. The first-order chi connectivity index (χ1) is 7.84. The Hall–Kier alpha value is -1.15. The summed E-state index contributed by atoms with van der Waals surface area (Å²) >= 11 is 5.94. The summed E-state index contributed by atoms with van der Waals surface area (Å²) in [5, 5.41) is 1.90. The van der Waals surface area contributed by atoms with Gasteiger partial charge in [-0.25, -0.2) is 0 Å². The molecule has 16 heavy (non-hydrogen) atoms. The van der Waals surface area contributed by atoms with Crippen LogP contribution in [0.5, 0.6) is 0 Å². The summed E-state index contributed by atoms with van der Waals surface area (Å²) < 4.78 is 5.56. The van der Waals surface area contributed by atoms with Crippen molar-refractivity contribution < 1.29 is 4.42 Å². The summed E-state index contributed by atoms with van der Waals surface area (Å²) in [4.78, 5) is 2.41. The van der Waals surface area contributed by atoms with Crippen LogP contribution in [-0.2, 0) is 0 Å². The Morgan fingerprint density at radius 1 is 1.12 bits per heavy atom. The van der Waals surface area contributed by atoms with Crippen LogP contribution >= 0.6 is 11.6 Å². The third-order valence-corrected chi connectivity index (χ3v) is 3.45. The van der Waals surface area contributed by atoms with Gasteiger partial charge in [0.1, 0.15) is 11.8 Å². The third kappa shape index (κ3) is 1.67. The van der Waals surface area contributed by atoms with Gasteiger partial charge < -0.3 is 9.32 Å². The second-order valence-electron chi connectivity index (χ2n) is 4.31. The molecule has 0 unspecified atom stereocenters. The lowest BCUT2D eigenvalue weighted by Gasteiger charge is -2.27. The molecule has 0 radical (unpaired) electrons. The summed E-state index contributed by atoms with van der Waals surface area (Å²) in [6.07, 6.45) is 5.75. The number of benzene rings is 1. The topological polar surface area (TPSA) is 16.4 Å². The van der Waals surface area contributed by atoms with Gasteiger partial charge in [-0.05, 0) is 31.4 Å². The molecule has 1 aliphatic rings. The molecular formula is C13H14ClNO. The van der Waals surface area contributed by atoms with Crippen LogP contribution in [0.4, 0.5) is 5.69 Å². The number of hydrogen-bond donors (Lipinski definition) is 0. The molecule has 0 bridgehead atoms. The predicted molar refractivity (Wildman–Crippen MR) is 67.3 cm³/mol. The summed E-state index contributed by atoms with van der Waals surface area (Å²) in [5.41, 5.74) is 2.10. The first-order valence-electron chi connectivity index (χ1n) is 5.76. The molecule has 1 aromatic heterocycles. The van der Waals surface area contributed by atoms with Crippen LogP contribution in [0.3, 0.4) is 0 Å². The highest BCUT2D eigenvalue weighted by molar-refractivity contribution is 6.31. The molecule has 1 aliphatic heterocycles. The fourth-order valence-electron chi connectivity index (χ4n) is 2.37. The van der Waals surface area contributed by atoms with Gasteiger partial charge in [0.25, 0.3) is 0 Å². The van der Waals surface area contributed by atoms with Crippen LogP contribution in [0.1, 0.15) is 19.3 Å². The lowest BCUT2D eigenvalue weighted by molar-refractivity contribution is 0.569. The molecule has 1 aromatic carbocycles. The van der Waals surface area contributed by atoms with E-state index in [0.717, 1.165) is 23.7 Å². The van der Waals surface area contributed by atoms with Gasteiger partial charge in [0, 0.05) is 29.6 Å². The standard InChI is InChI=1S/C13H14ClNO/c14-10-4-5-11-12(9-16-13(11)8-10)15-6-2-1-3-7-15/h4-5,8-9H,1-3,6-7H2. The maximum Gasteiger partial charge on any atom is 0.137 e. The highest BCUT2D eigenvalue weighted by Crippen LogP contribution is 2.32. The number of piperidine rings is 1. The van der Waals surface area contributed by atoms with Gasteiger partial charge in [-0.2, -0.15) is 0 Å². The van der Waals surface area contributed by atoms with Crippen molar-refractivity contribution in [2.45, 2.75) is 19.3 Å². The minimum atomic E-state index is 0.729. The number of rotatable bonds is 1. The summed E-state index contributed by atoms with van der Waals surface area (Å²) in [6.45, 7) is 2.27. The molecule has 3 heteroatoms. The number of anilines is 1. The molecule has 0 N–H and O–H groups in total. The van der Waals surface area contributed by atoms with Crippen LogP contribution in [0, 0.1) is 0 Å². The van der Waals surface area contributed by atoms with E-state index >= 15 is 0 Å².